The Balaban J connectivity index is 1.46. The molecule has 33 heavy (non-hydrogen) atoms. The lowest BCUT2D eigenvalue weighted by Gasteiger charge is -2.29. The number of carbonyl (C=O) groups is 2. The number of amides is 2. The SMILES string of the molecule is CC(C)(C)c1ccc(C(=O)Nc2ccc3c(c2)N(CCOc2ccccc2)C(=O)CO3)cc1. The average molecular weight is 445 g/mol. The van der Waals surface area contributed by atoms with Gasteiger partial charge in [0.25, 0.3) is 11.8 Å². The molecule has 3 aromatic rings. The van der Waals surface area contributed by atoms with Crippen molar-refractivity contribution in [2.45, 2.75) is 26.2 Å². The smallest absolute Gasteiger partial charge is 0.265 e. The number of para-hydroxylation sites is 1. The molecule has 0 radical (unpaired) electrons. The van der Waals surface area contributed by atoms with E-state index in [1.807, 2.05) is 54.6 Å². The normalized spacial score (nSPS) is 13.2. The van der Waals surface area contributed by atoms with Crippen LogP contribution in [0.2, 0.25) is 0 Å². The molecule has 2 amide bonds. The molecule has 0 saturated heterocycles. The van der Waals surface area contributed by atoms with Crippen molar-refractivity contribution in [2.24, 2.45) is 0 Å². The molecular formula is C27H28N2O4. The van der Waals surface area contributed by atoms with Crippen molar-refractivity contribution in [3.63, 3.8) is 0 Å². The molecule has 0 bridgehead atoms. The van der Waals surface area contributed by atoms with Crippen LogP contribution in [0, 0.1) is 0 Å². The number of anilines is 2. The summed E-state index contributed by atoms with van der Waals surface area (Å²) in [6, 6.07) is 22.4. The summed E-state index contributed by atoms with van der Waals surface area (Å²) in [5.41, 5.74) is 2.96. The number of benzene rings is 3. The highest BCUT2D eigenvalue weighted by molar-refractivity contribution is 6.05. The maximum atomic E-state index is 12.8. The van der Waals surface area contributed by atoms with E-state index in [0.717, 1.165) is 11.3 Å². The number of hydrogen-bond donors (Lipinski definition) is 1. The van der Waals surface area contributed by atoms with Gasteiger partial charge in [0.1, 0.15) is 18.1 Å². The van der Waals surface area contributed by atoms with Crippen molar-refractivity contribution in [3.8, 4) is 11.5 Å². The van der Waals surface area contributed by atoms with Gasteiger partial charge in [-0.25, -0.2) is 0 Å². The molecule has 1 heterocycles. The van der Waals surface area contributed by atoms with Crippen molar-refractivity contribution in [3.05, 3.63) is 83.9 Å². The van der Waals surface area contributed by atoms with Crippen LogP contribution >= 0.6 is 0 Å². The summed E-state index contributed by atoms with van der Waals surface area (Å²) < 4.78 is 11.3. The Morgan fingerprint density at radius 3 is 2.45 bits per heavy atom. The predicted molar refractivity (Wildman–Crippen MR) is 129 cm³/mol. The second-order valence-corrected chi connectivity index (χ2v) is 8.96. The number of nitrogens with zero attached hydrogens (tertiary/aromatic N) is 1. The number of nitrogens with one attached hydrogen (secondary N) is 1. The zero-order valence-corrected chi connectivity index (χ0v) is 19.1. The number of hydrogen-bond acceptors (Lipinski definition) is 4. The predicted octanol–water partition coefficient (Wildman–Crippen LogP) is 5.04. The Kier molecular flexibility index (Phi) is 6.36. The van der Waals surface area contributed by atoms with Crippen LogP contribution in [0.15, 0.2) is 72.8 Å². The summed E-state index contributed by atoms with van der Waals surface area (Å²) in [6.07, 6.45) is 0. The molecule has 1 aliphatic rings. The quantitative estimate of drug-likeness (QED) is 0.578. The van der Waals surface area contributed by atoms with Gasteiger partial charge in [0.2, 0.25) is 0 Å². The molecule has 0 aliphatic carbocycles. The van der Waals surface area contributed by atoms with Crippen LogP contribution in [0.5, 0.6) is 11.5 Å². The van der Waals surface area contributed by atoms with E-state index in [1.54, 1.807) is 23.1 Å². The number of rotatable bonds is 6. The minimum atomic E-state index is -0.211. The topological polar surface area (TPSA) is 67.9 Å². The van der Waals surface area contributed by atoms with Crippen molar-refractivity contribution < 1.29 is 19.1 Å². The van der Waals surface area contributed by atoms with Crippen LogP contribution < -0.4 is 19.7 Å². The van der Waals surface area contributed by atoms with E-state index in [0.29, 0.717) is 35.8 Å². The first-order chi connectivity index (χ1) is 15.8. The highest BCUT2D eigenvalue weighted by Crippen LogP contribution is 2.34. The van der Waals surface area contributed by atoms with Crippen LogP contribution in [0.1, 0.15) is 36.7 Å². The molecule has 0 atom stereocenters. The molecule has 1 N–H and O–H groups in total. The Labute approximate surface area is 194 Å². The molecule has 1 aliphatic heterocycles. The monoisotopic (exact) mass is 444 g/mol. The van der Waals surface area contributed by atoms with E-state index in [4.69, 9.17) is 9.47 Å². The van der Waals surface area contributed by atoms with Crippen molar-refractivity contribution in [1.82, 2.24) is 0 Å². The summed E-state index contributed by atoms with van der Waals surface area (Å²) in [6.45, 7) is 7.09. The van der Waals surface area contributed by atoms with Gasteiger partial charge < -0.3 is 19.7 Å². The molecular weight excluding hydrogens is 416 g/mol. The highest BCUT2D eigenvalue weighted by Gasteiger charge is 2.26. The highest BCUT2D eigenvalue weighted by atomic mass is 16.5. The van der Waals surface area contributed by atoms with Gasteiger partial charge in [0.05, 0.1) is 12.2 Å². The lowest BCUT2D eigenvalue weighted by Crippen LogP contribution is -2.41. The summed E-state index contributed by atoms with van der Waals surface area (Å²) in [7, 11) is 0. The maximum absolute atomic E-state index is 12.8. The Morgan fingerprint density at radius 1 is 1.03 bits per heavy atom. The molecule has 6 heteroatoms. The maximum Gasteiger partial charge on any atom is 0.265 e. The third-order valence-electron chi connectivity index (χ3n) is 5.50. The molecule has 170 valence electrons. The summed E-state index contributed by atoms with van der Waals surface area (Å²) in [5, 5.41) is 2.92. The van der Waals surface area contributed by atoms with Crippen molar-refractivity contribution in [1.29, 1.82) is 0 Å². The minimum Gasteiger partial charge on any atom is -0.492 e. The first kappa shape index (κ1) is 22.4. The van der Waals surface area contributed by atoms with Gasteiger partial charge in [-0.2, -0.15) is 0 Å². The molecule has 0 fully saturated rings. The van der Waals surface area contributed by atoms with Crippen LogP contribution in [-0.2, 0) is 10.2 Å². The summed E-state index contributed by atoms with van der Waals surface area (Å²) >= 11 is 0. The number of carbonyl (C=O) groups excluding carboxylic acids is 2. The molecule has 0 aromatic heterocycles. The second kappa shape index (κ2) is 9.36. The lowest BCUT2D eigenvalue weighted by molar-refractivity contribution is -0.121. The fraction of sp³-hybridized carbons (Fsp3) is 0.259. The zero-order valence-electron chi connectivity index (χ0n) is 19.1. The van der Waals surface area contributed by atoms with E-state index in [2.05, 4.69) is 26.1 Å². The fourth-order valence-corrected chi connectivity index (χ4v) is 3.62. The van der Waals surface area contributed by atoms with E-state index in [-0.39, 0.29) is 23.8 Å². The van der Waals surface area contributed by atoms with E-state index in [9.17, 15) is 9.59 Å². The standard InChI is InChI=1S/C27H28N2O4/c1-27(2,3)20-11-9-19(10-12-20)26(31)28-21-13-14-24-23(17-21)29(25(30)18-33-24)15-16-32-22-7-5-4-6-8-22/h4-14,17H,15-16,18H2,1-3H3,(H,28,31). The summed E-state index contributed by atoms with van der Waals surface area (Å²) in [5.74, 6) is 0.983. The van der Waals surface area contributed by atoms with Gasteiger partial charge in [0, 0.05) is 11.3 Å². The lowest BCUT2D eigenvalue weighted by atomic mass is 9.87. The van der Waals surface area contributed by atoms with Gasteiger partial charge in [-0.15, -0.1) is 0 Å². The van der Waals surface area contributed by atoms with Gasteiger partial charge in [-0.3, -0.25) is 9.59 Å². The average Bonchev–Trinajstić information content (AvgIpc) is 2.81. The van der Waals surface area contributed by atoms with Gasteiger partial charge in [-0.1, -0.05) is 51.1 Å². The van der Waals surface area contributed by atoms with E-state index in [1.165, 1.54) is 0 Å². The van der Waals surface area contributed by atoms with Gasteiger partial charge >= 0.3 is 0 Å². The van der Waals surface area contributed by atoms with Crippen LogP contribution in [0.4, 0.5) is 11.4 Å². The Hall–Kier alpha value is -3.80. The molecule has 0 spiro atoms. The van der Waals surface area contributed by atoms with Crippen LogP contribution in [0.3, 0.4) is 0 Å². The van der Waals surface area contributed by atoms with Gasteiger partial charge in [-0.05, 0) is 53.4 Å². The van der Waals surface area contributed by atoms with Crippen LogP contribution in [-0.4, -0.2) is 31.6 Å². The van der Waals surface area contributed by atoms with Crippen LogP contribution in [0.25, 0.3) is 0 Å². The molecule has 6 nitrogen and oxygen atoms in total. The fourth-order valence-electron chi connectivity index (χ4n) is 3.62. The molecule has 3 aromatic carbocycles. The van der Waals surface area contributed by atoms with Crippen molar-refractivity contribution >= 4 is 23.2 Å². The van der Waals surface area contributed by atoms with Crippen molar-refractivity contribution in [2.75, 3.05) is 30.0 Å². The zero-order chi connectivity index (χ0) is 23.4. The molecule has 0 unspecified atom stereocenters. The minimum absolute atomic E-state index is 0.0215. The Bertz CT molecular complexity index is 1140. The molecule has 4 rings (SSSR count). The summed E-state index contributed by atoms with van der Waals surface area (Å²) in [4.78, 5) is 26.9. The molecule has 0 saturated carbocycles. The first-order valence-corrected chi connectivity index (χ1v) is 11.0. The third-order valence-corrected chi connectivity index (χ3v) is 5.50. The third kappa shape index (κ3) is 5.34. The Morgan fingerprint density at radius 2 is 1.76 bits per heavy atom. The van der Waals surface area contributed by atoms with E-state index < -0.39 is 0 Å². The number of ether oxygens (including phenoxy) is 2. The largest absolute Gasteiger partial charge is 0.492 e. The first-order valence-electron chi connectivity index (χ1n) is 11.0. The van der Waals surface area contributed by atoms with Gasteiger partial charge in [0.15, 0.2) is 6.61 Å². The second-order valence-electron chi connectivity index (χ2n) is 8.96. The van der Waals surface area contributed by atoms with E-state index >= 15 is 0 Å². The number of fused-ring (bicyclic) bond motifs is 1.